The SMILES string of the molecule is C=CCSc1nc(N)c(C#N)c(-c2ccc3c(c2)OCO3)c1C#N. The van der Waals surface area contributed by atoms with Gasteiger partial charge in [0.2, 0.25) is 6.79 Å². The lowest BCUT2D eigenvalue weighted by molar-refractivity contribution is 0.174. The van der Waals surface area contributed by atoms with Gasteiger partial charge in [-0.25, -0.2) is 4.98 Å². The average molecular weight is 336 g/mol. The second-order valence-electron chi connectivity index (χ2n) is 4.82. The number of anilines is 1. The Bertz CT molecular complexity index is 912. The van der Waals surface area contributed by atoms with E-state index in [9.17, 15) is 10.5 Å². The molecule has 2 N–H and O–H groups in total. The Morgan fingerprint density at radius 2 is 2.00 bits per heavy atom. The first kappa shape index (κ1) is 15.7. The summed E-state index contributed by atoms with van der Waals surface area (Å²) in [6.45, 7) is 3.81. The summed E-state index contributed by atoms with van der Waals surface area (Å²) in [5.41, 5.74) is 7.54. The van der Waals surface area contributed by atoms with E-state index in [1.165, 1.54) is 11.8 Å². The lowest BCUT2D eigenvalue weighted by Crippen LogP contribution is -2.03. The van der Waals surface area contributed by atoms with Crippen LogP contribution in [0.4, 0.5) is 5.82 Å². The molecule has 24 heavy (non-hydrogen) atoms. The van der Waals surface area contributed by atoms with Gasteiger partial charge in [-0.2, -0.15) is 10.5 Å². The summed E-state index contributed by atoms with van der Waals surface area (Å²) in [5, 5.41) is 19.6. The third-order valence-electron chi connectivity index (χ3n) is 3.41. The Morgan fingerprint density at radius 3 is 2.71 bits per heavy atom. The van der Waals surface area contributed by atoms with Crippen LogP contribution in [-0.2, 0) is 0 Å². The fraction of sp³-hybridized carbons (Fsp3) is 0.118. The van der Waals surface area contributed by atoms with Crippen LogP contribution in [0.2, 0.25) is 0 Å². The van der Waals surface area contributed by atoms with E-state index in [0.29, 0.717) is 39.0 Å². The molecule has 0 unspecified atom stereocenters. The summed E-state index contributed by atoms with van der Waals surface area (Å²) in [5.74, 6) is 1.86. The second-order valence-corrected chi connectivity index (χ2v) is 5.83. The van der Waals surface area contributed by atoms with Gasteiger partial charge in [-0.3, -0.25) is 0 Å². The Hall–Kier alpha value is -3.16. The smallest absolute Gasteiger partial charge is 0.231 e. The van der Waals surface area contributed by atoms with E-state index in [4.69, 9.17) is 15.2 Å². The van der Waals surface area contributed by atoms with Gasteiger partial charge in [0.15, 0.2) is 11.5 Å². The van der Waals surface area contributed by atoms with Gasteiger partial charge < -0.3 is 15.2 Å². The van der Waals surface area contributed by atoms with Gasteiger partial charge in [0.05, 0.1) is 5.56 Å². The molecule has 0 saturated carbocycles. The number of aromatic nitrogens is 1. The number of hydrogen-bond acceptors (Lipinski definition) is 7. The summed E-state index contributed by atoms with van der Waals surface area (Å²) in [6, 6.07) is 9.44. The van der Waals surface area contributed by atoms with E-state index in [1.807, 2.05) is 6.07 Å². The van der Waals surface area contributed by atoms with Crippen LogP contribution in [0.5, 0.6) is 11.5 Å². The number of nitriles is 2. The van der Waals surface area contributed by atoms with Crippen LogP contribution in [0.3, 0.4) is 0 Å². The standard InChI is InChI=1S/C17H12N4O2S/c1-2-5-24-17-12(8-19)15(11(7-18)16(20)21-17)10-3-4-13-14(6-10)23-9-22-13/h2-4,6H,1,5,9H2,(H2,20,21). The minimum Gasteiger partial charge on any atom is -0.454 e. The number of nitrogen functional groups attached to an aromatic ring is 1. The quantitative estimate of drug-likeness (QED) is 0.675. The zero-order chi connectivity index (χ0) is 17.1. The topological polar surface area (TPSA) is 105 Å². The molecule has 0 fully saturated rings. The second kappa shape index (κ2) is 6.53. The summed E-state index contributed by atoms with van der Waals surface area (Å²) in [4.78, 5) is 4.20. The van der Waals surface area contributed by atoms with Crippen LogP contribution >= 0.6 is 11.8 Å². The molecule has 1 aliphatic heterocycles. The van der Waals surface area contributed by atoms with Gasteiger partial charge >= 0.3 is 0 Å². The number of hydrogen-bond donors (Lipinski definition) is 1. The lowest BCUT2D eigenvalue weighted by Gasteiger charge is -2.13. The fourth-order valence-electron chi connectivity index (χ4n) is 2.38. The van der Waals surface area contributed by atoms with E-state index in [-0.39, 0.29) is 18.2 Å². The molecule has 0 aliphatic carbocycles. The van der Waals surface area contributed by atoms with Crippen molar-refractivity contribution in [2.45, 2.75) is 5.03 Å². The average Bonchev–Trinajstić information content (AvgIpc) is 3.06. The van der Waals surface area contributed by atoms with Gasteiger partial charge in [-0.1, -0.05) is 12.1 Å². The maximum atomic E-state index is 9.63. The number of thioether (sulfide) groups is 1. The molecule has 0 atom stereocenters. The first-order chi connectivity index (χ1) is 11.7. The van der Waals surface area contributed by atoms with Crippen molar-refractivity contribution in [3.8, 4) is 34.8 Å². The fourth-order valence-corrected chi connectivity index (χ4v) is 3.11. The van der Waals surface area contributed by atoms with Crippen LogP contribution in [0.15, 0.2) is 35.9 Å². The predicted octanol–water partition coefficient (Wildman–Crippen LogP) is 3.08. The first-order valence-electron chi connectivity index (χ1n) is 6.97. The highest BCUT2D eigenvalue weighted by Gasteiger charge is 2.22. The molecule has 118 valence electrons. The molecule has 0 saturated heterocycles. The molecule has 0 amide bonds. The van der Waals surface area contributed by atoms with Crippen molar-refractivity contribution in [3.05, 3.63) is 42.0 Å². The molecule has 7 heteroatoms. The van der Waals surface area contributed by atoms with Crippen LogP contribution in [0.25, 0.3) is 11.1 Å². The van der Waals surface area contributed by atoms with Crippen molar-refractivity contribution < 1.29 is 9.47 Å². The number of rotatable bonds is 4. The maximum Gasteiger partial charge on any atom is 0.231 e. The number of nitrogens with two attached hydrogens (primary N) is 1. The van der Waals surface area contributed by atoms with Gasteiger partial charge in [-0.05, 0) is 17.7 Å². The highest BCUT2D eigenvalue weighted by Crippen LogP contribution is 2.40. The molecule has 6 nitrogen and oxygen atoms in total. The summed E-state index contributed by atoms with van der Waals surface area (Å²) in [7, 11) is 0. The molecular formula is C17H12N4O2S. The molecule has 1 aliphatic rings. The summed E-state index contributed by atoms with van der Waals surface area (Å²) < 4.78 is 10.7. The third kappa shape index (κ3) is 2.62. The van der Waals surface area contributed by atoms with Crippen molar-refractivity contribution in [2.24, 2.45) is 0 Å². The molecule has 1 aromatic carbocycles. The van der Waals surface area contributed by atoms with Crippen molar-refractivity contribution in [3.63, 3.8) is 0 Å². The van der Waals surface area contributed by atoms with Crippen molar-refractivity contribution in [1.29, 1.82) is 10.5 Å². The molecule has 0 spiro atoms. The molecule has 0 radical (unpaired) electrons. The van der Waals surface area contributed by atoms with Gasteiger partial charge in [-0.15, -0.1) is 18.3 Å². The molecule has 2 aromatic rings. The van der Waals surface area contributed by atoms with Gasteiger partial charge in [0.1, 0.15) is 28.5 Å². The first-order valence-corrected chi connectivity index (χ1v) is 7.95. The van der Waals surface area contributed by atoms with Crippen LogP contribution in [0.1, 0.15) is 11.1 Å². The monoisotopic (exact) mass is 336 g/mol. The zero-order valence-electron chi connectivity index (χ0n) is 12.6. The molecule has 3 rings (SSSR count). The number of benzene rings is 1. The minimum absolute atomic E-state index is 0.0933. The van der Waals surface area contributed by atoms with E-state index in [1.54, 1.807) is 24.3 Å². The minimum atomic E-state index is 0.0933. The summed E-state index contributed by atoms with van der Waals surface area (Å²) >= 11 is 1.34. The normalized spacial score (nSPS) is 11.6. The number of pyridine rings is 1. The maximum absolute atomic E-state index is 9.63. The number of nitrogens with zero attached hydrogens (tertiary/aromatic N) is 3. The van der Waals surface area contributed by atoms with Crippen molar-refractivity contribution in [2.75, 3.05) is 18.3 Å². The molecule has 2 heterocycles. The highest BCUT2D eigenvalue weighted by atomic mass is 32.2. The van der Waals surface area contributed by atoms with E-state index >= 15 is 0 Å². The Morgan fingerprint density at radius 1 is 1.25 bits per heavy atom. The Labute approximate surface area is 143 Å². The molecular weight excluding hydrogens is 324 g/mol. The number of ether oxygens (including phenoxy) is 2. The van der Waals surface area contributed by atoms with E-state index < -0.39 is 0 Å². The van der Waals surface area contributed by atoms with Gasteiger partial charge in [0, 0.05) is 11.3 Å². The van der Waals surface area contributed by atoms with Crippen LogP contribution in [0, 0.1) is 22.7 Å². The summed E-state index contributed by atoms with van der Waals surface area (Å²) in [6.07, 6.45) is 1.71. The van der Waals surface area contributed by atoms with E-state index in [0.717, 1.165) is 0 Å². The van der Waals surface area contributed by atoms with E-state index in [2.05, 4.69) is 17.6 Å². The van der Waals surface area contributed by atoms with Crippen molar-refractivity contribution >= 4 is 17.6 Å². The largest absolute Gasteiger partial charge is 0.454 e. The Balaban J connectivity index is 2.25. The van der Waals surface area contributed by atoms with Crippen LogP contribution in [-0.4, -0.2) is 17.5 Å². The predicted molar refractivity (Wildman–Crippen MR) is 90.6 cm³/mol. The Kier molecular flexibility index (Phi) is 4.28. The molecule has 0 bridgehead atoms. The van der Waals surface area contributed by atoms with Crippen molar-refractivity contribution in [1.82, 2.24) is 4.98 Å². The molecule has 1 aromatic heterocycles. The lowest BCUT2D eigenvalue weighted by atomic mass is 9.96. The zero-order valence-corrected chi connectivity index (χ0v) is 13.4. The highest BCUT2D eigenvalue weighted by molar-refractivity contribution is 7.99. The van der Waals surface area contributed by atoms with Gasteiger partial charge in [0.25, 0.3) is 0 Å². The third-order valence-corrected chi connectivity index (χ3v) is 4.39. The number of fused-ring (bicyclic) bond motifs is 1. The van der Waals surface area contributed by atoms with Crippen LogP contribution < -0.4 is 15.2 Å².